The summed E-state index contributed by atoms with van der Waals surface area (Å²) in [5, 5.41) is 10.7. The molecule has 104 valence electrons. The van der Waals surface area contributed by atoms with Crippen LogP contribution in [-0.4, -0.2) is 5.11 Å². The lowest BCUT2D eigenvalue weighted by Gasteiger charge is -2.25. The van der Waals surface area contributed by atoms with Crippen molar-refractivity contribution in [1.29, 1.82) is 0 Å². The molecule has 0 saturated heterocycles. The van der Waals surface area contributed by atoms with E-state index in [4.69, 9.17) is 0 Å². The lowest BCUT2D eigenvalue weighted by molar-refractivity contribution is 0.0912. The van der Waals surface area contributed by atoms with Crippen molar-refractivity contribution in [1.82, 2.24) is 0 Å². The third kappa shape index (κ3) is 3.02. The fourth-order valence-electron chi connectivity index (χ4n) is 3.85. The number of aryl methyl sites for hydroxylation is 2. The fourth-order valence-corrected chi connectivity index (χ4v) is 3.85. The zero-order valence-corrected chi connectivity index (χ0v) is 11.9. The van der Waals surface area contributed by atoms with Crippen molar-refractivity contribution in [3.8, 4) is 0 Å². The molecule has 2 aliphatic carbocycles. The Hall–Kier alpha value is -0.820. The first-order chi connectivity index (χ1) is 9.34. The van der Waals surface area contributed by atoms with Crippen LogP contribution < -0.4 is 0 Å². The molecule has 1 aromatic rings. The van der Waals surface area contributed by atoms with Crippen molar-refractivity contribution in [3.63, 3.8) is 0 Å². The minimum absolute atomic E-state index is 0.232. The molecule has 19 heavy (non-hydrogen) atoms. The first kappa shape index (κ1) is 13.2. The quantitative estimate of drug-likeness (QED) is 0.824. The van der Waals surface area contributed by atoms with Crippen LogP contribution in [0.25, 0.3) is 0 Å². The van der Waals surface area contributed by atoms with Gasteiger partial charge in [-0.1, -0.05) is 50.3 Å². The fraction of sp³-hybridized carbons (Fsp3) is 0.667. The van der Waals surface area contributed by atoms with Gasteiger partial charge in [0.25, 0.3) is 0 Å². The van der Waals surface area contributed by atoms with E-state index < -0.39 is 0 Å². The van der Waals surface area contributed by atoms with Crippen LogP contribution in [0.2, 0.25) is 0 Å². The van der Waals surface area contributed by atoms with E-state index in [9.17, 15) is 5.11 Å². The molecule has 0 aromatic heterocycles. The lowest BCUT2D eigenvalue weighted by Crippen LogP contribution is -2.14. The van der Waals surface area contributed by atoms with Crippen molar-refractivity contribution in [2.24, 2.45) is 5.92 Å². The molecule has 1 unspecified atom stereocenters. The number of benzene rings is 1. The molecule has 0 heterocycles. The van der Waals surface area contributed by atoms with Crippen molar-refractivity contribution < 1.29 is 5.11 Å². The predicted molar refractivity (Wildman–Crippen MR) is 79.2 cm³/mol. The van der Waals surface area contributed by atoms with Gasteiger partial charge in [0.2, 0.25) is 0 Å². The number of fused-ring (bicyclic) bond motifs is 1. The van der Waals surface area contributed by atoms with Crippen LogP contribution in [-0.2, 0) is 12.8 Å². The number of aliphatic hydroxyl groups excluding tert-OH is 1. The summed E-state index contributed by atoms with van der Waals surface area (Å²) in [4.78, 5) is 0. The minimum atomic E-state index is -0.232. The molecule has 3 rings (SSSR count). The summed E-state index contributed by atoms with van der Waals surface area (Å²) in [6.07, 6.45) is 12.6. The Labute approximate surface area is 117 Å². The van der Waals surface area contributed by atoms with Crippen molar-refractivity contribution in [2.45, 2.75) is 70.3 Å². The van der Waals surface area contributed by atoms with Crippen molar-refractivity contribution >= 4 is 0 Å². The average molecular weight is 258 g/mol. The van der Waals surface area contributed by atoms with Gasteiger partial charge < -0.3 is 5.11 Å². The van der Waals surface area contributed by atoms with E-state index in [1.165, 1.54) is 80.9 Å². The number of hydrogen-bond donors (Lipinski definition) is 1. The van der Waals surface area contributed by atoms with E-state index in [2.05, 4.69) is 18.2 Å². The molecule has 1 fully saturated rings. The largest absolute Gasteiger partial charge is 0.388 e. The molecular weight excluding hydrogens is 232 g/mol. The topological polar surface area (TPSA) is 20.2 Å². The normalized spacial score (nSPS) is 22.6. The molecule has 0 spiro atoms. The average Bonchev–Trinajstić information content (AvgIpc) is 2.84. The van der Waals surface area contributed by atoms with Gasteiger partial charge in [0.05, 0.1) is 6.10 Å². The Morgan fingerprint density at radius 1 is 0.842 bits per heavy atom. The van der Waals surface area contributed by atoms with E-state index in [1.807, 2.05) is 0 Å². The highest BCUT2D eigenvalue weighted by molar-refractivity contribution is 5.36. The van der Waals surface area contributed by atoms with Crippen LogP contribution in [0.15, 0.2) is 18.2 Å². The summed E-state index contributed by atoms with van der Waals surface area (Å²) >= 11 is 0. The third-order valence-corrected chi connectivity index (χ3v) is 5.06. The van der Waals surface area contributed by atoms with E-state index >= 15 is 0 Å². The molecule has 1 saturated carbocycles. The predicted octanol–water partition coefficient (Wildman–Crippen LogP) is 4.57. The monoisotopic (exact) mass is 258 g/mol. The van der Waals surface area contributed by atoms with Crippen LogP contribution >= 0.6 is 0 Å². The van der Waals surface area contributed by atoms with Gasteiger partial charge in [0.15, 0.2) is 0 Å². The molecule has 0 radical (unpaired) electrons. The van der Waals surface area contributed by atoms with Gasteiger partial charge in [-0.15, -0.1) is 0 Å². The number of rotatable bonds is 2. The van der Waals surface area contributed by atoms with E-state index in [0.29, 0.717) is 5.92 Å². The molecule has 1 aromatic carbocycles. The molecule has 1 heteroatoms. The molecule has 0 amide bonds. The van der Waals surface area contributed by atoms with Crippen molar-refractivity contribution in [2.75, 3.05) is 0 Å². The van der Waals surface area contributed by atoms with Gasteiger partial charge in [0.1, 0.15) is 0 Å². The van der Waals surface area contributed by atoms with Gasteiger partial charge in [-0.3, -0.25) is 0 Å². The van der Waals surface area contributed by atoms with Gasteiger partial charge in [0, 0.05) is 0 Å². The highest BCUT2D eigenvalue weighted by Crippen LogP contribution is 2.34. The number of hydrogen-bond acceptors (Lipinski definition) is 1. The maximum Gasteiger partial charge on any atom is 0.0818 e. The zero-order chi connectivity index (χ0) is 13.1. The molecule has 2 aliphatic rings. The van der Waals surface area contributed by atoms with Crippen LogP contribution in [0.1, 0.15) is 74.2 Å². The van der Waals surface area contributed by atoms with E-state index in [-0.39, 0.29) is 6.10 Å². The Balaban J connectivity index is 1.72. The second-order valence-electron chi connectivity index (χ2n) is 6.43. The third-order valence-electron chi connectivity index (χ3n) is 5.06. The zero-order valence-electron chi connectivity index (χ0n) is 11.9. The van der Waals surface area contributed by atoms with Crippen LogP contribution in [0, 0.1) is 5.92 Å². The first-order valence-electron chi connectivity index (χ1n) is 8.14. The summed E-state index contributed by atoms with van der Waals surface area (Å²) in [6.45, 7) is 0. The first-order valence-corrected chi connectivity index (χ1v) is 8.14. The summed E-state index contributed by atoms with van der Waals surface area (Å²) in [7, 11) is 0. The summed E-state index contributed by atoms with van der Waals surface area (Å²) in [5.41, 5.74) is 4.17. The smallest absolute Gasteiger partial charge is 0.0818 e. The molecule has 0 bridgehead atoms. The minimum Gasteiger partial charge on any atom is -0.388 e. The summed E-state index contributed by atoms with van der Waals surface area (Å²) in [5.74, 6) is 0.486. The lowest BCUT2D eigenvalue weighted by atomic mass is 9.84. The molecule has 1 N–H and O–H groups in total. The van der Waals surface area contributed by atoms with Crippen LogP contribution in [0.5, 0.6) is 0 Å². The Morgan fingerprint density at radius 2 is 1.53 bits per heavy atom. The van der Waals surface area contributed by atoms with Crippen molar-refractivity contribution in [3.05, 3.63) is 34.9 Å². The van der Waals surface area contributed by atoms with Gasteiger partial charge in [-0.25, -0.2) is 0 Å². The molecule has 1 nitrogen and oxygen atoms in total. The summed E-state index contributed by atoms with van der Waals surface area (Å²) < 4.78 is 0. The molecular formula is C18H26O. The second-order valence-corrected chi connectivity index (χ2v) is 6.43. The Bertz CT molecular complexity index is 416. The van der Waals surface area contributed by atoms with Gasteiger partial charge in [-0.2, -0.15) is 0 Å². The standard InChI is InChI=1S/C18H26O/c19-18(15-7-4-2-1-3-5-8-15)17-12-11-14-9-6-10-16(14)13-17/h11-13,15,18-19H,1-10H2. The Kier molecular flexibility index (Phi) is 4.22. The van der Waals surface area contributed by atoms with Gasteiger partial charge in [-0.05, 0) is 54.7 Å². The van der Waals surface area contributed by atoms with Gasteiger partial charge >= 0.3 is 0 Å². The summed E-state index contributed by atoms with van der Waals surface area (Å²) in [6, 6.07) is 6.71. The van der Waals surface area contributed by atoms with E-state index in [0.717, 1.165) is 0 Å². The second kappa shape index (κ2) is 6.09. The Morgan fingerprint density at radius 3 is 2.32 bits per heavy atom. The van der Waals surface area contributed by atoms with Crippen LogP contribution in [0.3, 0.4) is 0 Å². The maximum atomic E-state index is 10.7. The highest BCUT2D eigenvalue weighted by Gasteiger charge is 2.22. The van der Waals surface area contributed by atoms with Crippen LogP contribution in [0.4, 0.5) is 0 Å². The molecule has 0 aliphatic heterocycles. The maximum absolute atomic E-state index is 10.7. The van der Waals surface area contributed by atoms with E-state index in [1.54, 1.807) is 0 Å². The number of aliphatic hydroxyl groups is 1. The molecule has 1 atom stereocenters. The SMILES string of the molecule is OC(c1ccc2c(c1)CCC2)C1CCCCCCC1. The highest BCUT2D eigenvalue weighted by atomic mass is 16.3.